The standard InChI is InChI=1S/C9H10N2O/c1-7(12)8-2-4-11-5-3-10-6-9(8)11/h2-7,12H,1H3. The number of aliphatic hydroxyl groups excluding tert-OH is 1. The van der Waals surface area contributed by atoms with Crippen LogP contribution in [0.15, 0.2) is 30.9 Å². The van der Waals surface area contributed by atoms with Gasteiger partial charge in [-0.15, -0.1) is 0 Å². The maximum absolute atomic E-state index is 9.37. The van der Waals surface area contributed by atoms with E-state index in [4.69, 9.17) is 0 Å². The van der Waals surface area contributed by atoms with Crippen molar-refractivity contribution in [2.45, 2.75) is 13.0 Å². The highest BCUT2D eigenvalue weighted by Crippen LogP contribution is 2.18. The summed E-state index contributed by atoms with van der Waals surface area (Å²) < 4.78 is 1.94. The molecule has 12 heavy (non-hydrogen) atoms. The quantitative estimate of drug-likeness (QED) is 0.688. The summed E-state index contributed by atoms with van der Waals surface area (Å²) in [6.07, 6.45) is 6.82. The Morgan fingerprint density at radius 1 is 1.50 bits per heavy atom. The molecular weight excluding hydrogens is 152 g/mol. The molecule has 0 saturated heterocycles. The molecule has 1 N–H and O–H groups in total. The lowest BCUT2D eigenvalue weighted by Crippen LogP contribution is -1.90. The van der Waals surface area contributed by atoms with Crippen molar-refractivity contribution >= 4 is 5.52 Å². The fraction of sp³-hybridized carbons (Fsp3) is 0.222. The number of hydrogen-bond acceptors (Lipinski definition) is 2. The van der Waals surface area contributed by atoms with Crippen LogP contribution in [0.25, 0.3) is 5.52 Å². The summed E-state index contributed by atoms with van der Waals surface area (Å²) in [5.74, 6) is 0. The molecular formula is C9H10N2O. The molecule has 2 aromatic rings. The molecule has 2 rings (SSSR count). The Labute approximate surface area is 70.3 Å². The van der Waals surface area contributed by atoms with Gasteiger partial charge in [0, 0.05) is 24.2 Å². The van der Waals surface area contributed by atoms with Crippen molar-refractivity contribution in [1.29, 1.82) is 0 Å². The molecule has 0 bridgehead atoms. The van der Waals surface area contributed by atoms with Crippen molar-refractivity contribution in [3.05, 3.63) is 36.4 Å². The van der Waals surface area contributed by atoms with Crippen LogP contribution in [0.2, 0.25) is 0 Å². The van der Waals surface area contributed by atoms with Gasteiger partial charge < -0.3 is 9.51 Å². The third-order valence-corrected chi connectivity index (χ3v) is 1.95. The van der Waals surface area contributed by atoms with Crippen LogP contribution < -0.4 is 0 Å². The van der Waals surface area contributed by atoms with E-state index in [0.29, 0.717) is 0 Å². The van der Waals surface area contributed by atoms with Gasteiger partial charge in [0.05, 0.1) is 17.8 Å². The molecule has 0 amide bonds. The Morgan fingerprint density at radius 3 is 3.08 bits per heavy atom. The van der Waals surface area contributed by atoms with Crippen LogP contribution in [0.3, 0.4) is 0 Å². The number of hydrogen-bond donors (Lipinski definition) is 1. The number of fused-ring (bicyclic) bond motifs is 1. The minimum atomic E-state index is -0.431. The smallest absolute Gasteiger partial charge is 0.0783 e. The molecule has 0 radical (unpaired) electrons. The highest BCUT2D eigenvalue weighted by molar-refractivity contribution is 5.54. The van der Waals surface area contributed by atoms with Crippen molar-refractivity contribution in [3.63, 3.8) is 0 Å². The van der Waals surface area contributed by atoms with Crippen molar-refractivity contribution in [2.24, 2.45) is 0 Å². The van der Waals surface area contributed by atoms with E-state index in [1.165, 1.54) is 0 Å². The first kappa shape index (κ1) is 7.31. The molecule has 62 valence electrons. The number of nitrogens with zero attached hydrogens (tertiary/aromatic N) is 2. The first-order valence-corrected chi connectivity index (χ1v) is 3.87. The molecule has 2 heterocycles. The summed E-state index contributed by atoms with van der Waals surface area (Å²) in [5, 5.41) is 9.37. The molecule has 0 aromatic carbocycles. The molecule has 0 aliphatic rings. The fourth-order valence-electron chi connectivity index (χ4n) is 1.32. The molecule has 1 unspecified atom stereocenters. The van der Waals surface area contributed by atoms with Crippen LogP contribution in [0.4, 0.5) is 0 Å². The predicted octanol–water partition coefficient (Wildman–Crippen LogP) is 1.39. The monoisotopic (exact) mass is 162 g/mol. The molecule has 1 atom stereocenters. The molecule has 0 aliphatic carbocycles. The van der Waals surface area contributed by atoms with Gasteiger partial charge in [0.1, 0.15) is 0 Å². The van der Waals surface area contributed by atoms with Gasteiger partial charge in [-0.25, -0.2) is 0 Å². The van der Waals surface area contributed by atoms with Gasteiger partial charge in [-0.1, -0.05) is 0 Å². The van der Waals surface area contributed by atoms with Crippen molar-refractivity contribution in [3.8, 4) is 0 Å². The SMILES string of the molecule is CC(O)c1ccn2ccncc12. The number of rotatable bonds is 1. The van der Waals surface area contributed by atoms with Crippen LogP contribution in [-0.2, 0) is 0 Å². The van der Waals surface area contributed by atoms with Gasteiger partial charge in [0.2, 0.25) is 0 Å². The summed E-state index contributed by atoms with van der Waals surface area (Å²) in [5.41, 5.74) is 1.88. The molecule has 3 heteroatoms. The maximum Gasteiger partial charge on any atom is 0.0783 e. The summed E-state index contributed by atoms with van der Waals surface area (Å²) in [6, 6.07) is 1.90. The normalized spacial score (nSPS) is 13.5. The largest absolute Gasteiger partial charge is 0.389 e. The van der Waals surface area contributed by atoms with E-state index < -0.39 is 6.10 Å². The van der Waals surface area contributed by atoms with Crippen LogP contribution >= 0.6 is 0 Å². The van der Waals surface area contributed by atoms with Gasteiger partial charge in [-0.05, 0) is 13.0 Å². The van der Waals surface area contributed by atoms with Gasteiger partial charge in [-0.2, -0.15) is 0 Å². The minimum Gasteiger partial charge on any atom is -0.389 e. The molecule has 0 spiro atoms. The van der Waals surface area contributed by atoms with Gasteiger partial charge in [0.25, 0.3) is 0 Å². The molecule has 0 fully saturated rings. The summed E-state index contributed by atoms with van der Waals surface area (Å²) in [6.45, 7) is 1.75. The molecule has 2 aromatic heterocycles. The van der Waals surface area contributed by atoms with Gasteiger partial charge in [-0.3, -0.25) is 4.98 Å². The van der Waals surface area contributed by atoms with Crippen LogP contribution in [0, 0.1) is 0 Å². The molecule has 0 aliphatic heterocycles. The van der Waals surface area contributed by atoms with E-state index in [2.05, 4.69) is 4.98 Å². The topological polar surface area (TPSA) is 37.5 Å². The van der Waals surface area contributed by atoms with Crippen molar-refractivity contribution in [2.75, 3.05) is 0 Å². The molecule has 3 nitrogen and oxygen atoms in total. The Hall–Kier alpha value is -1.35. The zero-order valence-corrected chi connectivity index (χ0v) is 6.81. The van der Waals surface area contributed by atoms with Crippen LogP contribution in [-0.4, -0.2) is 14.5 Å². The van der Waals surface area contributed by atoms with E-state index in [0.717, 1.165) is 11.1 Å². The Bertz CT molecular complexity index is 392. The van der Waals surface area contributed by atoms with Gasteiger partial charge >= 0.3 is 0 Å². The van der Waals surface area contributed by atoms with E-state index in [9.17, 15) is 5.11 Å². The Kier molecular flexibility index (Phi) is 1.59. The number of aromatic nitrogens is 2. The lowest BCUT2D eigenvalue weighted by molar-refractivity contribution is 0.201. The first-order chi connectivity index (χ1) is 5.79. The van der Waals surface area contributed by atoms with E-state index >= 15 is 0 Å². The summed E-state index contributed by atoms with van der Waals surface area (Å²) in [7, 11) is 0. The van der Waals surface area contributed by atoms with E-state index in [-0.39, 0.29) is 0 Å². The second kappa shape index (κ2) is 2.60. The Morgan fingerprint density at radius 2 is 2.33 bits per heavy atom. The third-order valence-electron chi connectivity index (χ3n) is 1.95. The van der Waals surface area contributed by atoms with Crippen molar-refractivity contribution < 1.29 is 5.11 Å². The lowest BCUT2D eigenvalue weighted by atomic mass is 10.2. The summed E-state index contributed by atoms with van der Waals surface area (Å²) in [4.78, 5) is 4.00. The highest BCUT2D eigenvalue weighted by atomic mass is 16.3. The van der Waals surface area contributed by atoms with Gasteiger partial charge in [0.15, 0.2) is 0 Å². The maximum atomic E-state index is 9.37. The lowest BCUT2D eigenvalue weighted by Gasteiger charge is -2.01. The van der Waals surface area contributed by atoms with Crippen molar-refractivity contribution in [1.82, 2.24) is 9.38 Å². The van der Waals surface area contributed by atoms with E-state index in [1.54, 1.807) is 19.3 Å². The predicted molar refractivity (Wildman–Crippen MR) is 45.8 cm³/mol. The zero-order valence-electron chi connectivity index (χ0n) is 6.81. The molecule has 0 saturated carbocycles. The van der Waals surface area contributed by atoms with Crippen LogP contribution in [0.5, 0.6) is 0 Å². The number of aliphatic hydroxyl groups is 1. The fourth-order valence-corrected chi connectivity index (χ4v) is 1.32. The first-order valence-electron chi connectivity index (χ1n) is 3.87. The minimum absolute atomic E-state index is 0.431. The summed E-state index contributed by atoms with van der Waals surface area (Å²) >= 11 is 0. The van der Waals surface area contributed by atoms with Crippen LogP contribution in [0.1, 0.15) is 18.6 Å². The highest BCUT2D eigenvalue weighted by Gasteiger charge is 2.06. The zero-order chi connectivity index (χ0) is 8.55. The second-order valence-electron chi connectivity index (χ2n) is 2.82. The van der Waals surface area contributed by atoms with E-state index in [1.807, 2.05) is 22.9 Å². The Balaban J connectivity index is 2.70. The average molecular weight is 162 g/mol. The third kappa shape index (κ3) is 0.987. The second-order valence-corrected chi connectivity index (χ2v) is 2.82. The average Bonchev–Trinajstić information content (AvgIpc) is 2.47.